The third-order valence-corrected chi connectivity index (χ3v) is 5.69. The molecule has 30 heavy (non-hydrogen) atoms. The summed E-state index contributed by atoms with van der Waals surface area (Å²) in [6.07, 6.45) is 0.529. The zero-order valence-electron chi connectivity index (χ0n) is 17.0. The number of aromatic amines is 1. The fourth-order valence-corrected chi connectivity index (χ4v) is 3.73. The fraction of sp³-hybridized carbons (Fsp3) is 0.286. The minimum atomic E-state index is -0.539. The molecule has 0 aliphatic heterocycles. The highest BCUT2D eigenvalue weighted by Gasteiger charge is 2.30. The number of rotatable bonds is 9. The average molecular weight is 431 g/mol. The van der Waals surface area contributed by atoms with Crippen molar-refractivity contribution in [2.24, 2.45) is 0 Å². The minimum Gasteiger partial charge on any atom is -0.497 e. The number of carbonyl (C=O) groups excluding carboxylic acids is 1. The Morgan fingerprint density at radius 2 is 1.80 bits per heavy atom. The Hall–Kier alpha value is -3.20. The number of carbonyl (C=O) groups is 1. The van der Waals surface area contributed by atoms with Crippen molar-refractivity contribution in [3.63, 3.8) is 0 Å². The summed E-state index contributed by atoms with van der Waals surface area (Å²) in [7, 11) is 1.58. The maximum Gasteiger partial charge on any atom is 0.442 e. The number of amides is 1. The van der Waals surface area contributed by atoms with Crippen LogP contribution in [0.1, 0.15) is 20.3 Å². The van der Waals surface area contributed by atoms with E-state index in [0.717, 1.165) is 17.5 Å². The summed E-state index contributed by atoms with van der Waals surface area (Å²) in [6.45, 7) is 4.38. The van der Waals surface area contributed by atoms with Crippen molar-refractivity contribution >= 4 is 23.4 Å². The summed E-state index contributed by atoms with van der Waals surface area (Å²) < 4.78 is 17.1. The molecule has 8 nitrogen and oxygen atoms in total. The number of nitrogens with one attached hydrogen (secondary N) is 2. The molecule has 0 fully saturated rings. The van der Waals surface area contributed by atoms with Crippen molar-refractivity contribution in [1.29, 1.82) is 0 Å². The van der Waals surface area contributed by atoms with Crippen LogP contribution in [-0.2, 0) is 4.79 Å². The van der Waals surface area contributed by atoms with E-state index in [4.69, 9.17) is 14.0 Å². The van der Waals surface area contributed by atoms with Crippen LogP contribution < -0.4 is 25.1 Å². The van der Waals surface area contributed by atoms with Crippen molar-refractivity contribution in [3.05, 3.63) is 59.0 Å². The van der Waals surface area contributed by atoms with Crippen molar-refractivity contribution in [1.82, 2.24) is 5.27 Å². The van der Waals surface area contributed by atoms with Gasteiger partial charge in [-0.05, 0) is 71.5 Å². The van der Waals surface area contributed by atoms with E-state index in [9.17, 15) is 9.59 Å². The number of hydrogen-bond acceptors (Lipinski definition) is 6. The lowest BCUT2D eigenvalue weighted by molar-refractivity contribution is -0.704. The molecule has 2 aromatic carbocycles. The lowest BCUT2D eigenvalue weighted by Crippen LogP contribution is -2.37. The quantitative estimate of drug-likeness (QED) is 0.400. The Kier molecular flexibility index (Phi) is 7.18. The fourth-order valence-electron chi connectivity index (χ4n) is 2.75. The summed E-state index contributed by atoms with van der Waals surface area (Å²) in [5.74, 6) is 1.23. The van der Waals surface area contributed by atoms with Gasteiger partial charge in [0.1, 0.15) is 11.5 Å². The van der Waals surface area contributed by atoms with Gasteiger partial charge < -0.3 is 14.8 Å². The van der Waals surface area contributed by atoms with E-state index in [1.165, 1.54) is 4.68 Å². The number of nitrogens with zero attached hydrogens (tertiary/aromatic N) is 1. The lowest BCUT2D eigenvalue weighted by atomic mass is 10.2. The summed E-state index contributed by atoms with van der Waals surface area (Å²) in [6, 6.07) is 14.3. The molecule has 3 rings (SSSR count). The maximum atomic E-state index is 12.8. The SMILES string of the molecule is CCOc1ccc(NC(=O)C(CC)Sc2c(=O)o[nH][n+]2-c2ccc(OC)cc2)cc1. The Morgan fingerprint density at radius 3 is 2.40 bits per heavy atom. The molecule has 3 aromatic rings. The standard InChI is InChI=1S/C21H23N3O5S/c1-4-18(19(25)22-14-6-10-17(11-7-14)28-5-2)30-20-21(26)29-23-24(20)15-8-12-16(27-3)13-9-15/h6-13,18H,4-5H2,1-3H3,(H-,22,23,25,26)/p+1. The third kappa shape index (κ3) is 5.04. The smallest absolute Gasteiger partial charge is 0.442 e. The Balaban J connectivity index is 1.75. The topological polar surface area (TPSA) is 97.4 Å². The third-order valence-electron chi connectivity index (χ3n) is 4.29. The van der Waals surface area contributed by atoms with Crippen LogP contribution in [0.15, 0.2) is 62.9 Å². The van der Waals surface area contributed by atoms with Crippen LogP contribution in [0.5, 0.6) is 11.5 Å². The Bertz CT molecular complexity index is 1030. The van der Waals surface area contributed by atoms with Crippen molar-refractivity contribution in [2.45, 2.75) is 30.5 Å². The summed E-state index contributed by atoms with van der Waals surface area (Å²) in [5.41, 5.74) is 0.806. The highest BCUT2D eigenvalue weighted by molar-refractivity contribution is 8.00. The molecular weight excluding hydrogens is 406 g/mol. The van der Waals surface area contributed by atoms with Gasteiger partial charge in [0.15, 0.2) is 0 Å². The number of benzene rings is 2. The van der Waals surface area contributed by atoms with Crippen LogP contribution in [0, 0.1) is 0 Å². The number of H-pyrrole nitrogens is 1. The number of thioether (sulfide) groups is 1. The van der Waals surface area contributed by atoms with Crippen LogP contribution in [0.3, 0.4) is 0 Å². The van der Waals surface area contributed by atoms with Gasteiger partial charge in [-0.25, -0.2) is 4.79 Å². The van der Waals surface area contributed by atoms with Gasteiger partial charge in [-0.3, -0.25) is 9.32 Å². The second kappa shape index (κ2) is 10.0. The van der Waals surface area contributed by atoms with Gasteiger partial charge in [0.05, 0.1) is 19.0 Å². The van der Waals surface area contributed by atoms with E-state index in [2.05, 4.69) is 10.6 Å². The van der Waals surface area contributed by atoms with Gasteiger partial charge >= 0.3 is 10.7 Å². The normalized spacial score (nSPS) is 11.7. The van der Waals surface area contributed by atoms with Gasteiger partial charge in [0.25, 0.3) is 0 Å². The summed E-state index contributed by atoms with van der Waals surface area (Å²) >= 11 is 1.15. The van der Waals surface area contributed by atoms with Gasteiger partial charge in [-0.15, -0.1) is 0 Å². The van der Waals surface area contributed by atoms with Crippen LogP contribution in [0.25, 0.3) is 5.69 Å². The zero-order valence-corrected chi connectivity index (χ0v) is 17.8. The van der Waals surface area contributed by atoms with E-state index in [-0.39, 0.29) is 10.9 Å². The molecule has 9 heteroatoms. The first-order chi connectivity index (χ1) is 14.5. The van der Waals surface area contributed by atoms with Crippen LogP contribution in [-0.4, -0.2) is 30.1 Å². The number of methoxy groups -OCH3 is 1. The molecule has 0 saturated carbocycles. The molecule has 1 unspecified atom stereocenters. The number of anilines is 1. The number of ether oxygens (including phenoxy) is 2. The maximum absolute atomic E-state index is 12.8. The molecule has 0 saturated heterocycles. The molecule has 0 spiro atoms. The van der Waals surface area contributed by atoms with E-state index < -0.39 is 10.9 Å². The number of aromatic nitrogens is 2. The van der Waals surface area contributed by atoms with Crippen molar-refractivity contribution in [3.8, 4) is 17.2 Å². The average Bonchev–Trinajstić information content (AvgIpc) is 3.13. The minimum absolute atomic E-state index is 0.200. The predicted octanol–water partition coefficient (Wildman–Crippen LogP) is 3.16. The molecule has 0 aliphatic rings. The van der Waals surface area contributed by atoms with E-state index >= 15 is 0 Å². The van der Waals surface area contributed by atoms with Gasteiger partial charge in [0.2, 0.25) is 11.6 Å². The largest absolute Gasteiger partial charge is 0.497 e. The Morgan fingerprint density at radius 1 is 1.13 bits per heavy atom. The van der Waals surface area contributed by atoms with E-state index in [1.807, 2.05) is 13.8 Å². The molecule has 0 aliphatic carbocycles. The molecule has 2 N–H and O–H groups in total. The highest BCUT2D eigenvalue weighted by Crippen LogP contribution is 2.24. The van der Waals surface area contributed by atoms with Crippen molar-refractivity contribution < 1.29 is 23.5 Å². The first-order valence-electron chi connectivity index (χ1n) is 9.54. The molecule has 1 heterocycles. The lowest BCUT2D eigenvalue weighted by Gasteiger charge is -2.12. The number of hydrogen-bond donors (Lipinski definition) is 2. The highest BCUT2D eigenvalue weighted by atomic mass is 32.2. The first-order valence-corrected chi connectivity index (χ1v) is 10.4. The molecule has 0 radical (unpaired) electrons. The molecule has 1 atom stereocenters. The second-order valence-electron chi connectivity index (χ2n) is 6.28. The molecule has 0 bridgehead atoms. The van der Waals surface area contributed by atoms with Gasteiger partial charge in [0, 0.05) is 17.8 Å². The van der Waals surface area contributed by atoms with Crippen LogP contribution in [0.2, 0.25) is 0 Å². The molecule has 1 aromatic heterocycles. The molecule has 1 amide bonds. The first kappa shape index (κ1) is 21.5. The predicted molar refractivity (Wildman–Crippen MR) is 114 cm³/mol. The Labute approximate surface area is 178 Å². The van der Waals surface area contributed by atoms with E-state index in [1.54, 1.807) is 55.6 Å². The van der Waals surface area contributed by atoms with Crippen LogP contribution >= 0.6 is 11.8 Å². The summed E-state index contributed by atoms with van der Waals surface area (Å²) in [5, 5.41) is 5.27. The van der Waals surface area contributed by atoms with E-state index in [0.29, 0.717) is 30.2 Å². The summed E-state index contributed by atoms with van der Waals surface area (Å²) in [4.78, 5) is 25.0. The zero-order chi connectivity index (χ0) is 21.5. The van der Waals surface area contributed by atoms with Gasteiger partial charge in [-0.1, -0.05) is 6.92 Å². The van der Waals surface area contributed by atoms with Crippen LogP contribution in [0.4, 0.5) is 5.69 Å². The van der Waals surface area contributed by atoms with Gasteiger partial charge in [-0.2, -0.15) is 0 Å². The molecular formula is C21H24N3O5S+. The second-order valence-corrected chi connectivity index (χ2v) is 7.47. The molecule has 158 valence electrons. The monoisotopic (exact) mass is 430 g/mol. The van der Waals surface area contributed by atoms with Crippen molar-refractivity contribution in [2.75, 3.05) is 19.0 Å².